The molecule has 3 aromatic heterocycles. The lowest BCUT2D eigenvalue weighted by Crippen LogP contribution is -2.12. The topological polar surface area (TPSA) is 43.6 Å². The molecule has 3 heterocycles. The van der Waals surface area contributed by atoms with E-state index in [1.165, 1.54) is 70.2 Å². The maximum Gasteiger partial charge on any atom is 0.238 e. The van der Waals surface area contributed by atoms with Crippen LogP contribution in [0.2, 0.25) is 0 Å². The molecule has 1 aliphatic carbocycles. The van der Waals surface area contributed by atoms with Crippen LogP contribution in [0.3, 0.4) is 0 Å². The Balaban J connectivity index is 1.09. The van der Waals surface area contributed by atoms with Crippen molar-refractivity contribution in [3.8, 4) is 62.1 Å². The number of aromatic nitrogens is 4. The van der Waals surface area contributed by atoms with Crippen LogP contribution < -0.4 is 0 Å². The highest BCUT2D eigenvalue weighted by Crippen LogP contribution is 2.44. The molecule has 0 fully saturated rings. The first-order valence-electron chi connectivity index (χ1n) is 18.4. The van der Waals surface area contributed by atoms with E-state index in [0.29, 0.717) is 17.6 Å². The van der Waals surface area contributed by atoms with Gasteiger partial charge in [0.05, 0.1) is 5.52 Å². The summed E-state index contributed by atoms with van der Waals surface area (Å²) >= 11 is 1.86. The highest BCUT2D eigenvalue weighted by molar-refractivity contribution is 7.25. The lowest BCUT2D eigenvalue weighted by molar-refractivity contribution is 0.826. The van der Waals surface area contributed by atoms with Crippen molar-refractivity contribution < 1.29 is 0 Å². The van der Waals surface area contributed by atoms with Gasteiger partial charge in [-0.2, -0.15) is 9.97 Å². The van der Waals surface area contributed by atoms with Gasteiger partial charge in [-0.3, -0.25) is 4.57 Å². The molecule has 7 aromatic carbocycles. The summed E-state index contributed by atoms with van der Waals surface area (Å²) < 4.78 is 4.94. The molecule has 0 spiro atoms. The molecule has 0 amide bonds. The number of thiophene rings is 1. The average Bonchev–Trinajstić information content (AvgIpc) is 3.79. The van der Waals surface area contributed by atoms with Crippen molar-refractivity contribution in [2.75, 3.05) is 0 Å². The smallest absolute Gasteiger partial charge is 0.238 e. The molecule has 5 heteroatoms. The maximum atomic E-state index is 5.19. The quantitative estimate of drug-likeness (QED) is 0.179. The third-order valence-electron chi connectivity index (χ3n) is 10.8. The molecule has 0 bridgehead atoms. The van der Waals surface area contributed by atoms with Crippen molar-refractivity contribution in [2.45, 2.75) is 12.8 Å². The molecule has 0 radical (unpaired) electrons. The highest BCUT2D eigenvalue weighted by atomic mass is 32.1. The molecule has 54 heavy (non-hydrogen) atoms. The Morgan fingerprint density at radius 3 is 1.81 bits per heavy atom. The fourth-order valence-electron chi connectivity index (χ4n) is 8.21. The monoisotopic (exact) mass is 708 g/mol. The first kappa shape index (κ1) is 30.9. The summed E-state index contributed by atoms with van der Waals surface area (Å²) in [5.74, 6) is 1.96. The molecule has 0 aliphatic heterocycles. The van der Waals surface area contributed by atoms with Crippen LogP contribution in [0, 0.1) is 0 Å². The zero-order chi connectivity index (χ0) is 35.6. The lowest BCUT2D eigenvalue weighted by Gasteiger charge is -2.19. The second-order valence-corrected chi connectivity index (χ2v) is 15.0. The summed E-state index contributed by atoms with van der Waals surface area (Å²) in [6.07, 6.45) is 1.85. The number of hydrogen-bond donors (Lipinski definition) is 0. The van der Waals surface area contributed by atoms with Crippen molar-refractivity contribution in [3.63, 3.8) is 0 Å². The Kier molecular flexibility index (Phi) is 7.13. The van der Waals surface area contributed by atoms with Crippen molar-refractivity contribution in [3.05, 3.63) is 181 Å². The Hall–Kier alpha value is -6.69. The van der Waals surface area contributed by atoms with Crippen LogP contribution in [0.5, 0.6) is 0 Å². The Morgan fingerprint density at radius 1 is 0.426 bits per heavy atom. The van der Waals surface area contributed by atoms with Crippen LogP contribution in [-0.2, 0) is 12.8 Å². The molecular formula is C49H32N4S. The van der Waals surface area contributed by atoms with Gasteiger partial charge < -0.3 is 0 Å². The van der Waals surface area contributed by atoms with E-state index in [0.717, 1.165) is 29.5 Å². The Labute approximate surface area is 316 Å². The molecule has 0 atom stereocenters. The summed E-state index contributed by atoms with van der Waals surface area (Å²) in [7, 11) is 0. The van der Waals surface area contributed by atoms with E-state index >= 15 is 0 Å². The van der Waals surface area contributed by atoms with Gasteiger partial charge in [0.25, 0.3) is 0 Å². The van der Waals surface area contributed by atoms with Gasteiger partial charge in [-0.05, 0) is 76.6 Å². The first-order chi connectivity index (χ1) is 26.7. The number of aryl methyl sites for hydroxylation is 1. The summed E-state index contributed by atoms with van der Waals surface area (Å²) in [5.41, 5.74) is 13.0. The molecule has 10 aromatic rings. The van der Waals surface area contributed by atoms with Gasteiger partial charge >= 0.3 is 0 Å². The standard InChI is InChI=1S/C49H32N4S/c1-3-13-32(14-4-1)47-50-48(33-15-5-2-6-16-33)52-49(51-47)53-42-26-24-36(29-41(42)46-38-19-8-7-12-31(38)23-27-43(46)53)34-17-11-18-35(28-34)37-22-25-40-39-20-9-10-21-44(39)54-45(40)30-37/h1-22,24-26,28-30H,23,27H2. The SMILES string of the molecule is c1ccc(-c2nc(-c3ccccc3)nc(-n3c4c(c5cc(-c6cccc(-c7ccc8c(c7)sc7ccccc78)c6)ccc53)-c3ccccc3CC4)n2)cc1. The van der Waals surface area contributed by atoms with Crippen molar-refractivity contribution in [2.24, 2.45) is 0 Å². The minimum absolute atomic E-state index is 0.639. The van der Waals surface area contributed by atoms with E-state index in [9.17, 15) is 0 Å². The molecule has 11 rings (SSSR count). The summed E-state index contributed by atoms with van der Waals surface area (Å²) in [6, 6.07) is 60.7. The third-order valence-corrected chi connectivity index (χ3v) is 11.9. The normalized spacial score (nSPS) is 12.3. The van der Waals surface area contributed by atoms with Crippen molar-refractivity contribution in [1.82, 2.24) is 19.5 Å². The second kappa shape index (κ2) is 12.5. The Bertz CT molecular complexity index is 2990. The fourth-order valence-corrected chi connectivity index (χ4v) is 9.35. The first-order valence-corrected chi connectivity index (χ1v) is 19.2. The van der Waals surface area contributed by atoms with E-state index in [-0.39, 0.29) is 0 Å². The van der Waals surface area contributed by atoms with Crippen LogP contribution in [0.25, 0.3) is 93.2 Å². The van der Waals surface area contributed by atoms with Gasteiger partial charge in [-0.15, -0.1) is 11.3 Å². The molecule has 0 N–H and O–H groups in total. The molecule has 0 saturated carbocycles. The van der Waals surface area contributed by atoms with Crippen LogP contribution in [0.4, 0.5) is 0 Å². The molecule has 254 valence electrons. The van der Waals surface area contributed by atoms with Crippen LogP contribution in [0.15, 0.2) is 170 Å². The predicted molar refractivity (Wildman–Crippen MR) is 224 cm³/mol. The van der Waals surface area contributed by atoms with Gasteiger partial charge in [0.2, 0.25) is 5.95 Å². The van der Waals surface area contributed by atoms with E-state index in [1.807, 2.05) is 47.7 Å². The number of benzene rings is 7. The number of rotatable bonds is 5. The van der Waals surface area contributed by atoms with Gasteiger partial charge in [0.1, 0.15) is 0 Å². The predicted octanol–water partition coefficient (Wildman–Crippen LogP) is 12.6. The molecule has 0 unspecified atom stereocenters. The van der Waals surface area contributed by atoms with Gasteiger partial charge in [0.15, 0.2) is 11.6 Å². The fraction of sp³-hybridized carbons (Fsp3) is 0.0408. The van der Waals surface area contributed by atoms with E-state index in [2.05, 4.69) is 138 Å². The van der Waals surface area contributed by atoms with E-state index < -0.39 is 0 Å². The average molecular weight is 709 g/mol. The van der Waals surface area contributed by atoms with Crippen molar-refractivity contribution >= 4 is 42.4 Å². The highest BCUT2D eigenvalue weighted by Gasteiger charge is 2.27. The molecule has 0 saturated heterocycles. The van der Waals surface area contributed by atoms with E-state index in [1.54, 1.807) is 0 Å². The minimum Gasteiger partial charge on any atom is -0.282 e. The second-order valence-electron chi connectivity index (χ2n) is 14.0. The minimum atomic E-state index is 0.639. The maximum absolute atomic E-state index is 5.19. The number of nitrogens with zero attached hydrogens (tertiary/aromatic N) is 4. The lowest BCUT2D eigenvalue weighted by atomic mass is 9.87. The van der Waals surface area contributed by atoms with Gasteiger partial charge in [0, 0.05) is 47.9 Å². The van der Waals surface area contributed by atoms with Crippen molar-refractivity contribution in [1.29, 1.82) is 0 Å². The van der Waals surface area contributed by atoms with Gasteiger partial charge in [-0.1, -0.05) is 140 Å². The molecule has 4 nitrogen and oxygen atoms in total. The zero-order valence-corrected chi connectivity index (χ0v) is 30.1. The number of fused-ring (bicyclic) bond motifs is 8. The largest absolute Gasteiger partial charge is 0.282 e. The third kappa shape index (κ3) is 5.08. The number of hydrogen-bond acceptors (Lipinski definition) is 4. The Morgan fingerprint density at radius 2 is 1.04 bits per heavy atom. The van der Waals surface area contributed by atoms with Gasteiger partial charge in [-0.25, -0.2) is 4.98 Å². The summed E-state index contributed by atoms with van der Waals surface area (Å²) in [6.45, 7) is 0. The molecular weight excluding hydrogens is 677 g/mol. The molecule has 1 aliphatic rings. The van der Waals surface area contributed by atoms with E-state index in [4.69, 9.17) is 15.0 Å². The summed E-state index contributed by atoms with van der Waals surface area (Å²) in [4.78, 5) is 15.4. The van der Waals surface area contributed by atoms with Crippen LogP contribution in [-0.4, -0.2) is 19.5 Å². The van der Waals surface area contributed by atoms with Crippen LogP contribution >= 0.6 is 11.3 Å². The van der Waals surface area contributed by atoms with Crippen LogP contribution in [0.1, 0.15) is 11.3 Å². The zero-order valence-electron chi connectivity index (χ0n) is 29.3. The summed E-state index contributed by atoms with van der Waals surface area (Å²) in [5, 5.41) is 3.85.